The minimum atomic E-state index is -0.113. The largest absolute Gasteiger partial charge is 0.507 e. The maximum absolute atomic E-state index is 10.7. The average Bonchev–Trinajstić information content (AvgIpc) is 3.62. The zero-order valence-corrected chi connectivity index (χ0v) is 24.9. The number of aromatic hydroxyl groups is 1. The molecule has 2 heterocycles. The van der Waals surface area contributed by atoms with E-state index in [4.69, 9.17) is 14.5 Å². The third-order valence-corrected chi connectivity index (χ3v) is 7.79. The first-order valence-corrected chi connectivity index (χ1v) is 13.5. The molecule has 6 aromatic rings. The molecule has 0 amide bonds. The van der Waals surface area contributed by atoms with Crippen molar-refractivity contribution in [2.24, 2.45) is 0 Å². The van der Waals surface area contributed by atoms with Crippen molar-refractivity contribution in [2.75, 3.05) is 0 Å². The number of pyridine rings is 1. The molecule has 7 rings (SSSR count). The summed E-state index contributed by atoms with van der Waals surface area (Å²) in [6.07, 6.45) is 7.25. The fourth-order valence-corrected chi connectivity index (χ4v) is 5.76. The SMILES string of the molecule is CC(=O)c1ccccc1O.Cc1cccc2c1oc1c(-c3nccc4cc(C5CCCC5)ccc34)[c-]ccc12.[Ir]. The number of hydrogen-bond acceptors (Lipinski definition) is 4. The Balaban J connectivity index is 0.000000251. The Morgan fingerprint density at radius 3 is 2.45 bits per heavy atom. The van der Waals surface area contributed by atoms with Gasteiger partial charge in [-0.3, -0.25) is 4.79 Å². The summed E-state index contributed by atoms with van der Waals surface area (Å²) in [7, 11) is 0. The van der Waals surface area contributed by atoms with Gasteiger partial charge in [-0.15, -0.1) is 18.2 Å². The first kappa shape index (κ1) is 27.8. The second-order valence-corrected chi connectivity index (χ2v) is 10.3. The number of benzene rings is 4. The summed E-state index contributed by atoms with van der Waals surface area (Å²) in [6, 6.07) is 29.3. The summed E-state index contributed by atoms with van der Waals surface area (Å²) in [5, 5.41) is 13.7. The second kappa shape index (κ2) is 11.8. The van der Waals surface area contributed by atoms with Gasteiger partial charge in [-0.2, -0.15) is 0 Å². The summed E-state index contributed by atoms with van der Waals surface area (Å²) in [5.74, 6) is 0.650. The van der Waals surface area contributed by atoms with Gasteiger partial charge in [0, 0.05) is 31.7 Å². The van der Waals surface area contributed by atoms with Crippen LogP contribution in [0.2, 0.25) is 0 Å². The summed E-state index contributed by atoms with van der Waals surface area (Å²) in [5.41, 5.74) is 6.71. The minimum absolute atomic E-state index is 0. The number of rotatable bonds is 3. The van der Waals surface area contributed by atoms with Crippen LogP contribution in [0, 0.1) is 13.0 Å². The summed E-state index contributed by atoms with van der Waals surface area (Å²) in [6.45, 7) is 3.52. The van der Waals surface area contributed by atoms with Crippen molar-refractivity contribution in [3.8, 4) is 17.0 Å². The number of phenolic OH excluding ortho intramolecular Hbond substituents is 1. The van der Waals surface area contributed by atoms with Crippen molar-refractivity contribution >= 4 is 38.5 Å². The van der Waals surface area contributed by atoms with Crippen molar-refractivity contribution in [1.29, 1.82) is 0 Å². The predicted octanol–water partition coefficient (Wildman–Crippen LogP) is 9.16. The van der Waals surface area contributed by atoms with Gasteiger partial charge >= 0.3 is 0 Å². The zero-order valence-electron chi connectivity index (χ0n) is 22.5. The first-order chi connectivity index (χ1) is 19.0. The first-order valence-electron chi connectivity index (χ1n) is 13.5. The molecule has 4 nitrogen and oxygen atoms in total. The molecular formula is C35H30IrNO3-. The Morgan fingerprint density at radius 2 is 1.70 bits per heavy atom. The third kappa shape index (κ3) is 5.20. The number of fused-ring (bicyclic) bond motifs is 4. The molecule has 1 aliphatic rings. The summed E-state index contributed by atoms with van der Waals surface area (Å²) < 4.78 is 6.35. The van der Waals surface area contributed by atoms with Crippen LogP contribution in [-0.2, 0) is 20.1 Å². The van der Waals surface area contributed by atoms with Crippen LogP contribution < -0.4 is 0 Å². The van der Waals surface area contributed by atoms with Gasteiger partial charge < -0.3 is 14.5 Å². The number of hydrogen-bond donors (Lipinski definition) is 1. The van der Waals surface area contributed by atoms with Gasteiger partial charge in [0.25, 0.3) is 0 Å². The standard InChI is InChI=1S/C27H22NO.C8H8O2.Ir/c1-17-6-4-9-22-23-10-5-11-24(27(23)29-26(17)22)25-21-13-12-19(18-7-2-3-8-18)16-20(21)14-15-28-25;1-6(9)7-4-2-3-5-8(7)10;/h4-6,9-10,12-16,18H,2-3,7-8H2,1H3;2-5,10H,1H3;/q-1;;. The van der Waals surface area contributed by atoms with Crippen molar-refractivity contribution in [3.05, 3.63) is 108 Å². The fourth-order valence-electron chi connectivity index (χ4n) is 5.76. The van der Waals surface area contributed by atoms with Crippen LogP contribution in [0.1, 0.15) is 60.0 Å². The number of aryl methyl sites for hydroxylation is 1. The van der Waals surface area contributed by atoms with Gasteiger partial charge in [0.2, 0.25) is 0 Å². The molecule has 5 heteroatoms. The second-order valence-electron chi connectivity index (χ2n) is 10.3. The van der Waals surface area contributed by atoms with Crippen molar-refractivity contribution in [3.63, 3.8) is 0 Å². The number of para-hydroxylation sites is 2. The van der Waals surface area contributed by atoms with Crippen LogP contribution >= 0.6 is 0 Å². The van der Waals surface area contributed by atoms with Crippen LogP contribution in [0.5, 0.6) is 5.75 Å². The number of carbonyl (C=O) groups excluding carboxylic acids is 1. The van der Waals surface area contributed by atoms with E-state index in [1.807, 2.05) is 12.3 Å². The molecule has 0 spiro atoms. The summed E-state index contributed by atoms with van der Waals surface area (Å²) in [4.78, 5) is 15.5. The fraction of sp³-hybridized carbons (Fsp3) is 0.200. The van der Waals surface area contributed by atoms with Gasteiger partial charge in [0.15, 0.2) is 5.78 Å². The molecule has 1 fully saturated rings. The van der Waals surface area contributed by atoms with E-state index < -0.39 is 0 Å². The molecule has 1 saturated carbocycles. The predicted molar refractivity (Wildman–Crippen MR) is 157 cm³/mol. The molecule has 0 atom stereocenters. The van der Waals surface area contributed by atoms with Crippen LogP contribution in [0.25, 0.3) is 44.0 Å². The van der Waals surface area contributed by atoms with E-state index in [-0.39, 0.29) is 31.6 Å². The van der Waals surface area contributed by atoms with Gasteiger partial charge in [-0.1, -0.05) is 72.3 Å². The topological polar surface area (TPSA) is 63.3 Å². The van der Waals surface area contributed by atoms with Crippen molar-refractivity contribution in [1.82, 2.24) is 4.98 Å². The number of phenols is 1. The molecular weight excluding hydrogens is 675 g/mol. The molecule has 4 aromatic carbocycles. The Kier molecular flexibility index (Phi) is 8.16. The maximum Gasteiger partial charge on any atom is 0.163 e. The number of Topliss-reactive ketones (excluding diaryl/α,β-unsaturated/α-hetero) is 1. The molecule has 0 aliphatic heterocycles. The Bertz CT molecular complexity index is 1830. The number of carbonyl (C=O) groups is 1. The van der Waals surface area contributed by atoms with E-state index in [2.05, 4.69) is 61.5 Å². The molecule has 1 radical (unpaired) electrons. The van der Waals surface area contributed by atoms with E-state index in [1.54, 1.807) is 18.2 Å². The molecule has 0 bridgehead atoms. The van der Waals surface area contributed by atoms with E-state index in [0.29, 0.717) is 11.5 Å². The monoisotopic (exact) mass is 705 g/mol. The van der Waals surface area contributed by atoms with E-state index in [9.17, 15) is 4.79 Å². The Labute approximate surface area is 247 Å². The normalized spacial score (nSPS) is 13.2. The Hall–Kier alpha value is -3.79. The minimum Gasteiger partial charge on any atom is -0.507 e. The third-order valence-electron chi connectivity index (χ3n) is 7.79. The molecule has 203 valence electrons. The molecule has 0 saturated heterocycles. The van der Waals surface area contributed by atoms with Gasteiger partial charge in [0.1, 0.15) is 11.3 Å². The number of furan rings is 1. The van der Waals surface area contributed by atoms with Gasteiger partial charge in [-0.05, 0) is 78.4 Å². The zero-order chi connectivity index (χ0) is 26.9. The number of aromatic nitrogens is 1. The Morgan fingerprint density at radius 1 is 0.925 bits per heavy atom. The van der Waals surface area contributed by atoms with Crippen molar-refractivity contribution < 1.29 is 34.4 Å². The van der Waals surface area contributed by atoms with Gasteiger partial charge in [-0.25, -0.2) is 0 Å². The van der Waals surface area contributed by atoms with E-state index in [1.165, 1.54) is 49.6 Å². The number of nitrogens with zero attached hydrogens (tertiary/aromatic N) is 1. The van der Waals surface area contributed by atoms with Crippen LogP contribution in [0.3, 0.4) is 0 Å². The quantitative estimate of drug-likeness (QED) is 0.148. The van der Waals surface area contributed by atoms with E-state index >= 15 is 0 Å². The number of ketones is 1. The van der Waals surface area contributed by atoms with Gasteiger partial charge in [0.05, 0.1) is 11.1 Å². The maximum atomic E-state index is 10.7. The van der Waals surface area contributed by atoms with Crippen LogP contribution in [0.4, 0.5) is 0 Å². The summed E-state index contributed by atoms with van der Waals surface area (Å²) >= 11 is 0. The molecule has 1 N–H and O–H groups in total. The average molecular weight is 705 g/mol. The molecule has 1 aliphatic carbocycles. The molecule has 0 unspecified atom stereocenters. The molecule has 40 heavy (non-hydrogen) atoms. The van der Waals surface area contributed by atoms with Crippen LogP contribution in [-0.4, -0.2) is 15.9 Å². The van der Waals surface area contributed by atoms with Crippen molar-refractivity contribution in [2.45, 2.75) is 45.4 Å². The molecule has 2 aromatic heterocycles. The van der Waals surface area contributed by atoms with E-state index in [0.717, 1.165) is 44.1 Å². The smallest absolute Gasteiger partial charge is 0.163 e. The van der Waals surface area contributed by atoms with Crippen LogP contribution in [0.15, 0.2) is 89.5 Å².